The highest BCUT2D eigenvalue weighted by Crippen LogP contribution is 2.41. The summed E-state index contributed by atoms with van der Waals surface area (Å²) < 4.78 is 30.5. The second-order valence-electron chi connectivity index (χ2n) is 16.5. The lowest BCUT2D eigenvalue weighted by atomic mass is 9.80. The Labute approximate surface area is 416 Å². The van der Waals surface area contributed by atoms with Crippen LogP contribution >= 0.6 is 22.6 Å². The van der Waals surface area contributed by atoms with E-state index in [4.69, 9.17) is 29.4 Å². The first-order chi connectivity index (χ1) is 33.4. The quantitative estimate of drug-likeness (QED) is 0.0278. The van der Waals surface area contributed by atoms with Crippen LogP contribution in [0.2, 0.25) is 0 Å². The molecular formula is C53H60IN5O10. The number of nitrogens with one attached hydrogen (secondary N) is 3. The Morgan fingerprint density at radius 1 is 0.739 bits per heavy atom. The molecule has 364 valence electrons. The second-order valence-corrected chi connectivity index (χ2v) is 17.7. The van der Waals surface area contributed by atoms with Gasteiger partial charge in [0.05, 0.1) is 53.0 Å². The van der Waals surface area contributed by atoms with E-state index in [1.807, 2.05) is 133 Å². The van der Waals surface area contributed by atoms with Gasteiger partial charge < -0.3 is 50.3 Å². The average Bonchev–Trinajstić information content (AvgIpc) is 3.80. The fourth-order valence-electron chi connectivity index (χ4n) is 8.29. The number of hydrogen-bond donors (Lipinski definition) is 4. The van der Waals surface area contributed by atoms with Gasteiger partial charge in [-0.15, -0.1) is 0 Å². The van der Waals surface area contributed by atoms with Gasteiger partial charge in [-0.1, -0.05) is 97.1 Å². The minimum atomic E-state index is -1.11. The standard InChI is InChI=1S/C53H60IN5O10/c1-56-48(60)25-26-49(61)69-44-34-47(59(35-44)52(64)46(33-37-13-10-16-41(54)31-37)58-50(62)45(55)32-36-11-6-4-7-12-36)51(63)57-27-28-67-29-30-68-53(38-14-8-5-9-15-38,39-17-21-42(65-2)22-18-39)40-19-23-43(66-3)24-20-40/h4-24,31,44-47H,25-30,32-35,55H2,1-3H3,(H,56,60)(H,57,63)(H,58,62)/t44-,45+,46+,47+/m1/s1. The molecule has 1 saturated heterocycles. The number of benzene rings is 5. The number of carbonyl (C=O) groups is 5. The molecule has 5 aromatic rings. The Morgan fingerprint density at radius 3 is 1.96 bits per heavy atom. The molecule has 5 N–H and O–H groups in total. The fraction of sp³-hybridized carbons (Fsp3) is 0.340. The summed E-state index contributed by atoms with van der Waals surface area (Å²) in [5, 5.41) is 8.25. The molecule has 4 atom stereocenters. The summed E-state index contributed by atoms with van der Waals surface area (Å²) in [6.07, 6.45) is -0.770. The van der Waals surface area contributed by atoms with Crippen molar-refractivity contribution in [1.29, 1.82) is 0 Å². The van der Waals surface area contributed by atoms with Crippen molar-refractivity contribution in [2.24, 2.45) is 5.73 Å². The summed E-state index contributed by atoms with van der Waals surface area (Å²) in [4.78, 5) is 68.5. The van der Waals surface area contributed by atoms with Gasteiger partial charge in [0.15, 0.2) is 0 Å². The maximum Gasteiger partial charge on any atom is 0.306 e. The number of methoxy groups -OCH3 is 2. The van der Waals surface area contributed by atoms with Gasteiger partial charge in [-0.3, -0.25) is 24.0 Å². The summed E-state index contributed by atoms with van der Waals surface area (Å²) in [7, 11) is 4.71. The number of carbonyl (C=O) groups excluding carboxylic acids is 5. The van der Waals surface area contributed by atoms with Crippen LogP contribution in [0.4, 0.5) is 0 Å². The van der Waals surface area contributed by atoms with E-state index < -0.39 is 53.5 Å². The first kappa shape index (κ1) is 52.0. The average molecular weight is 1050 g/mol. The highest BCUT2D eigenvalue weighted by atomic mass is 127. The summed E-state index contributed by atoms with van der Waals surface area (Å²) >= 11 is 2.18. The van der Waals surface area contributed by atoms with Gasteiger partial charge in [-0.2, -0.15) is 0 Å². The molecule has 69 heavy (non-hydrogen) atoms. The van der Waals surface area contributed by atoms with Crippen molar-refractivity contribution in [2.75, 3.05) is 54.2 Å². The molecule has 0 unspecified atom stereocenters. The maximum atomic E-state index is 14.7. The smallest absolute Gasteiger partial charge is 0.306 e. The molecule has 5 aromatic carbocycles. The van der Waals surface area contributed by atoms with Gasteiger partial charge >= 0.3 is 5.97 Å². The van der Waals surface area contributed by atoms with Crippen molar-refractivity contribution in [3.63, 3.8) is 0 Å². The summed E-state index contributed by atoms with van der Waals surface area (Å²) in [5.41, 5.74) is 9.62. The fourth-order valence-corrected chi connectivity index (χ4v) is 8.90. The van der Waals surface area contributed by atoms with Crippen LogP contribution in [-0.4, -0.2) is 113 Å². The van der Waals surface area contributed by atoms with E-state index in [1.54, 1.807) is 14.2 Å². The van der Waals surface area contributed by atoms with Gasteiger partial charge in [0, 0.05) is 36.4 Å². The highest BCUT2D eigenvalue weighted by Gasteiger charge is 2.44. The largest absolute Gasteiger partial charge is 0.497 e. The molecule has 0 spiro atoms. The molecule has 15 nitrogen and oxygen atoms in total. The summed E-state index contributed by atoms with van der Waals surface area (Å²) in [5.74, 6) is -1.13. The Morgan fingerprint density at radius 2 is 1.35 bits per heavy atom. The minimum absolute atomic E-state index is 0.00625. The maximum absolute atomic E-state index is 14.7. The van der Waals surface area contributed by atoms with E-state index in [-0.39, 0.29) is 70.9 Å². The van der Waals surface area contributed by atoms with Gasteiger partial charge in [0.2, 0.25) is 23.6 Å². The van der Waals surface area contributed by atoms with Crippen molar-refractivity contribution < 1.29 is 47.7 Å². The van der Waals surface area contributed by atoms with E-state index >= 15 is 0 Å². The van der Waals surface area contributed by atoms with Crippen molar-refractivity contribution in [1.82, 2.24) is 20.9 Å². The Bertz CT molecular complexity index is 2410. The van der Waals surface area contributed by atoms with Gasteiger partial charge in [-0.25, -0.2) is 0 Å². The zero-order valence-corrected chi connectivity index (χ0v) is 41.2. The Kier molecular flexibility index (Phi) is 19.5. The van der Waals surface area contributed by atoms with E-state index in [9.17, 15) is 24.0 Å². The molecule has 0 saturated carbocycles. The Hall–Kier alpha value is -6.34. The normalized spacial score (nSPS) is 15.3. The van der Waals surface area contributed by atoms with Crippen molar-refractivity contribution in [2.45, 2.75) is 61.9 Å². The molecule has 1 fully saturated rings. The first-order valence-electron chi connectivity index (χ1n) is 22.8. The predicted octanol–water partition coefficient (Wildman–Crippen LogP) is 5.09. The molecule has 6 rings (SSSR count). The Balaban J connectivity index is 1.14. The second kappa shape index (κ2) is 25.9. The summed E-state index contributed by atoms with van der Waals surface area (Å²) in [6.45, 7) is 0.427. The molecule has 1 aliphatic rings. The van der Waals surface area contributed by atoms with Crippen LogP contribution in [0.25, 0.3) is 0 Å². The number of esters is 1. The lowest BCUT2D eigenvalue weighted by Gasteiger charge is -2.36. The van der Waals surface area contributed by atoms with Gasteiger partial charge in [0.1, 0.15) is 35.3 Å². The van der Waals surface area contributed by atoms with E-state index in [2.05, 4.69) is 38.5 Å². The van der Waals surface area contributed by atoms with E-state index in [1.165, 1.54) is 11.9 Å². The molecular weight excluding hydrogens is 994 g/mol. The number of likely N-dealkylation sites (tertiary alicyclic amines) is 1. The highest BCUT2D eigenvalue weighted by molar-refractivity contribution is 14.1. The number of rotatable bonds is 24. The third-order valence-electron chi connectivity index (χ3n) is 11.8. The first-order valence-corrected chi connectivity index (χ1v) is 23.9. The molecule has 4 amide bonds. The molecule has 1 heterocycles. The minimum Gasteiger partial charge on any atom is -0.497 e. The van der Waals surface area contributed by atoms with Crippen LogP contribution < -0.4 is 31.2 Å². The number of amides is 4. The molecule has 16 heteroatoms. The van der Waals surface area contributed by atoms with Crippen molar-refractivity contribution in [3.8, 4) is 11.5 Å². The lowest BCUT2D eigenvalue weighted by Crippen LogP contribution is -2.56. The van der Waals surface area contributed by atoms with E-state index in [0.29, 0.717) is 11.5 Å². The number of ether oxygens (including phenoxy) is 5. The number of hydrogen-bond acceptors (Lipinski definition) is 11. The molecule has 0 aliphatic carbocycles. The lowest BCUT2D eigenvalue weighted by molar-refractivity contribution is -0.150. The van der Waals surface area contributed by atoms with Crippen molar-refractivity contribution >= 4 is 52.2 Å². The van der Waals surface area contributed by atoms with Crippen LogP contribution in [0, 0.1) is 3.57 Å². The SMILES string of the molecule is CNC(=O)CCC(=O)O[C@@H]1C[C@@H](C(=O)NCCOCCOC(c2ccccc2)(c2ccc(OC)cc2)c2ccc(OC)cc2)N(C(=O)[C@H](Cc2cccc(I)c2)NC(=O)[C@@H](N)Cc2ccccc2)C1. The zero-order chi connectivity index (χ0) is 49.2. The third-order valence-corrected chi connectivity index (χ3v) is 12.5. The van der Waals surface area contributed by atoms with Crippen LogP contribution in [0.15, 0.2) is 133 Å². The molecule has 0 bridgehead atoms. The van der Waals surface area contributed by atoms with Gasteiger partial charge in [0.25, 0.3) is 0 Å². The summed E-state index contributed by atoms with van der Waals surface area (Å²) in [6, 6.07) is 39.1. The van der Waals surface area contributed by atoms with Gasteiger partial charge in [-0.05, 0) is 93.2 Å². The van der Waals surface area contributed by atoms with E-state index in [0.717, 1.165) is 31.4 Å². The van der Waals surface area contributed by atoms with Crippen molar-refractivity contribution in [3.05, 3.63) is 165 Å². The monoisotopic (exact) mass is 1050 g/mol. The number of nitrogens with two attached hydrogens (primary N) is 1. The topological polar surface area (TPSA) is 197 Å². The van der Waals surface area contributed by atoms with Crippen LogP contribution in [0.1, 0.15) is 47.1 Å². The zero-order valence-electron chi connectivity index (χ0n) is 39.1. The number of nitrogens with zero attached hydrogens (tertiary/aromatic N) is 1. The predicted molar refractivity (Wildman–Crippen MR) is 268 cm³/mol. The number of halogens is 1. The molecule has 1 aliphatic heterocycles. The van der Waals surface area contributed by atoms with Crippen LogP contribution in [-0.2, 0) is 56.6 Å². The third kappa shape index (κ3) is 14.4. The van der Waals surface area contributed by atoms with Crippen LogP contribution in [0.3, 0.4) is 0 Å². The molecule has 0 aromatic heterocycles. The molecule has 0 radical (unpaired) electrons. The van der Waals surface area contributed by atoms with Crippen LogP contribution in [0.5, 0.6) is 11.5 Å².